The molecular weight excluding hydrogens is 330 g/mol. The van der Waals surface area contributed by atoms with Crippen molar-refractivity contribution in [2.24, 2.45) is 0 Å². The summed E-state index contributed by atoms with van der Waals surface area (Å²) in [5.74, 6) is -0.0113. The number of carbonyl (C=O) groups is 1. The smallest absolute Gasteiger partial charge is 0.225 e. The fraction of sp³-hybridized carbons (Fsp3) is 0.0909. The van der Waals surface area contributed by atoms with E-state index in [4.69, 9.17) is 11.6 Å². The van der Waals surface area contributed by atoms with Crippen LogP contribution in [0.15, 0.2) is 89.2 Å². The maximum Gasteiger partial charge on any atom is 0.225 e. The summed E-state index contributed by atoms with van der Waals surface area (Å²) < 4.78 is 0. The van der Waals surface area contributed by atoms with Crippen LogP contribution < -0.4 is 5.32 Å². The van der Waals surface area contributed by atoms with Crippen molar-refractivity contribution in [1.82, 2.24) is 0 Å². The minimum atomic E-state index is -0.0316. The molecule has 3 heteroatoms. The standard InChI is InChI=1S/C22H16ClNO/c23-17-9-4-8-16(12-13-17)20-14-21(25)24-22-18(10-5-11-19(20)22)15-6-2-1-3-7-15/h1-7,9-13,20H,14H2,(H,24,25). The first-order valence-electron chi connectivity index (χ1n) is 8.21. The molecule has 1 aliphatic carbocycles. The molecule has 1 amide bonds. The Morgan fingerprint density at radius 2 is 1.88 bits per heavy atom. The molecule has 0 fully saturated rings. The lowest BCUT2D eigenvalue weighted by atomic mass is 9.82. The minimum absolute atomic E-state index is 0.0203. The summed E-state index contributed by atoms with van der Waals surface area (Å²) in [6.45, 7) is 0. The van der Waals surface area contributed by atoms with Crippen molar-refractivity contribution < 1.29 is 4.79 Å². The summed E-state index contributed by atoms with van der Waals surface area (Å²) in [5, 5.41) is 3.72. The normalized spacial score (nSPS) is 18.8. The molecule has 0 bridgehead atoms. The van der Waals surface area contributed by atoms with E-state index in [9.17, 15) is 4.79 Å². The van der Waals surface area contributed by atoms with Crippen LogP contribution in [0.5, 0.6) is 0 Å². The Kier molecular flexibility index (Phi) is 4.15. The molecule has 1 aliphatic heterocycles. The molecule has 1 N–H and O–H groups in total. The van der Waals surface area contributed by atoms with Gasteiger partial charge in [-0.25, -0.2) is 0 Å². The highest BCUT2D eigenvalue weighted by atomic mass is 35.5. The maximum absolute atomic E-state index is 12.4. The fourth-order valence-electron chi connectivity index (χ4n) is 3.33. The molecule has 0 radical (unpaired) electrons. The number of allylic oxidation sites excluding steroid dienone is 5. The Hall–Kier alpha value is -2.80. The van der Waals surface area contributed by atoms with E-state index in [1.807, 2.05) is 48.6 Å². The van der Waals surface area contributed by atoms with Crippen LogP contribution in [0.4, 0.5) is 5.69 Å². The highest BCUT2D eigenvalue weighted by molar-refractivity contribution is 6.31. The molecule has 1 atom stereocenters. The van der Waals surface area contributed by atoms with Crippen molar-refractivity contribution in [3.05, 3.63) is 94.7 Å². The van der Waals surface area contributed by atoms with E-state index in [0.717, 1.165) is 28.0 Å². The number of para-hydroxylation sites is 1. The molecular formula is C22H16ClNO. The van der Waals surface area contributed by atoms with Crippen LogP contribution in [0.1, 0.15) is 17.9 Å². The maximum atomic E-state index is 12.4. The van der Waals surface area contributed by atoms with E-state index in [1.54, 1.807) is 6.08 Å². The summed E-state index contributed by atoms with van der Waals surface area (Å²) in [5.41, 5.74) is 8.36. The van der Waals surface area contributed by atoms with Gasteiger partial charge in [-0.3, -0.25) is 4.79 Å². The van der Waals surface area contributed by atoms with Crippen LogP contribution in [0.3, 0.4) is 0 Å². The second-order valence-electron chi connectivity index (χ2n) is 6.09. The molecule has 2 nitrogen and oxygen atoms in total. The van der Waals surface area contributed by atoms with E-state index in [0.29, 0.717) is 11.5 Å². The third kappa shape index (κ3) is 3.10. The number of amides is 1. The van der Waals surface area contributed by atoms with Crippen LogP contribution in [0.2, 0.25) is 0 Å². The third-order valence-electron chi connectivity index (χ3n) is 4.50. The number of anilines is 1. The number of halogens is 1. The first-order valence-corrected chi connectivity index (χ1v) is 8.59. The number of rotatable bonds is 2. The molecule has 0 saturated heterocycles. The van der Waals surface area contributed by atoms with Gasteiger partial charge in [0.15, 0.2) is 0 Å². The number of benzene rings is 2. The molecule has 1 heterocycles. The summed E-state index contributed by atoms with van der Waals surface area (Å²) in [6, 6.07) is 16.3. The SMILES string of the molecule is O=C1CC(C2=C=CC=C(Cl)C=C2)c2cccc(-c3ccccc3)c2N1. The Morgan fingerprint density at radius 1 is 1.04 bits per heavy atom. The van der Waals surface area contributed by atoms with Crippen LogP contribution in [-0.4, -0.2) is 5.91 Å². The number of hydrogen-bond acceptors (Lipinski definition) is 1. The van der Waals surface area contributed by atoms with Crippen LogP contribution >= 0.6 is 11.6 Å². The van der Waals surface area contributed by atoms with Gasteiger partial charge in [0, 0.05) is 28.5 Å². The van der Waals surface area contributed by atoms with Crippen molar-refractivity contribution in [3.63, 3.8) is 0 Å². The Labute approximate surface area is 151 Å². The zero-order valence-corrected chi connectivity index (χ0v) is 14.3. The zero-order chi connectivity index (χ0) is 17.2. The molecule has 0 aromatic heterocycles. The van der Waals surface area contributed by atoms with Gasteiger partial charge < -0.3 is 5.32 Å². The van der Waals surface area contributed by atoms with Gasteiger partial charge in [0.25, 0.3) is 0 Å². The lowest BCUT2D eigenvalue weighted by Gasteiger charge is -2.27. The topological polar surface area (TPSA) is 29.1 Å². The average Bonchev–Trinajstić information content (AvgIpc) is 2.86. The van der Waals surface area contributed by atoms with E-state index >= 15 is 0 Å². The van der Waals surface area contributed by atoms with Crippen molar-refractivity contribution in [2.45, 2.75) is 12.3 Å². The molecule has 1 unspecified atom stereocenters. The fourth-order valence-corrected chi connectivity index (χ4v) is 3.45. The first-order chi connectivity index (χ1) is 12.2. The molecule has 4 rings (SSSR count). The second kappa shape index (κ2) is 6.60. The quantitative estimate of drug-likeness (QED) is 0.710. The van der Waals surface area contributed by atoms with Gasteiger partial charge in [0.2, 0.25) is 5.91 Å². The predicted octanol–water partition coefficient (Wildman–Crippen LogP) is 5.55. The summed E-state index contributed by atoms with van der Waals surface area (Å²) in [7, 11) is 0. The Morgan fingerprint density at radius 3 is 2.72 bits per heavy atom. The van der Waals surface area contributed by atoms with Gasteiger partial charge in [-0.1, -0.05) is 60.1 Å². The minimum Gasteiger partial charge on any atom is -0.325 e. The molecule has 2 aliphatic rings. The van der Waals surface area contributed by atoms with Crippen molar-refractivity contribution in [3.8, 4) is 11.1 Å². The lowest BCUT2D eigenvalue weighted by Crippen LogP contribution is -2.24. The average molecular weight is 346 g/mol. The highest BCUT2D eigenvalue weighted by Crippen LogP contribution is 2.42. The summed E-state index contributed by atoms with van der Waals surface area (Å²) in [6.07, 6.45) is 7.81. The van der Waals surface area contributed by atoms with Gasteiger partial charge in [-0.05, 0) is 35.4 Å². The zero-order valence-electron chi connectivity index (χ0n) is 13.5. The number of nitrogens with one attached hydrogen (secondary N) is 1. The van der Waals surface area contributed by atoms with Gasteiger partial charge in [-0.2, -0.15) is 0 Å². The van der Waals surface area contributed by atoms with Gasteiger partial charge >= 0.3 is 0 Å². The molecule has 0 saturated carbocycles. The van der Waals surface area contributed by atoms with Crippen molar-refractivity contribution in [2.75, 3.05) is 5.32 Å². The van der Waals surface area contributed by atoms with Crippen molar-refractivity contribution >= 4 is 23.2 Å². The Bertz CT molecular complexity index is 963. The second-order valence-corrected chi connectivity index (χ2v) is 6.53. The monoisotopic (exact) mass is 345 g/mol. The number of hydrogen-bond donors (Lipinski definition) is 1. The lowest BCUT2D eigenvalue weighted by molar-refractivity contribution is -0.116. The van der Waals surface area contributed by atoms with E-state index < -0.39 is 0 Å². The van der Waals surface area contributed by atoms with E-state index in [2.05, 4.69) is 29.2 Å². The van der Waals surface area contributed by atoms with E-state index in [1.165, 1.54) is 0 Å². The van der Waals surface area contributed by atoms with Crippen LogP contribution in [0, 0.1) is 0 Å². The van der Waals surface area contributed by atoms with Crippen LogP contribution in [0.25, 0.3) is 11.1 Å². The summed E-state index contributed by atoms with van der Waals surface area (Å²) >= 11 is 6.07. The van der Waals surface area contributed by atoms with Crippen LogP contribution in [-0.2, 0) is 4.79 Å². The summed E-state index contributed by atoms with van der Waals surface area (Å²) in [4.78, 5) is 12.4. The molecule has 0 spiro atoms. The number of carbonyl (C=O) groups excluding carboxylic acids is 1. The van der Waals surface area contributed by atoms with E-state index in [-0.39, 0.29) is 11.8 Å². The molecule has 122 valence electrons. The van der Waals surface area contributed by atoms with Gasteiger partial charge in [0.05, 0.1) is 5.69 Å². The molecule has 2 aromatic carbocycles. The van der Waals surface area contributed by atoms with Gasteiger partial charge in [0.1, 0.15) is 0 Å². The first kappa shape index (κ1) is 15.7. The third-order valence-corrected chi connectivity index (χ3v) is 4.75. The van der Waals surface area contributed by atoms with Gasteiger partial charge in [-0.15, -0.1) is 5.73 Å². The Balaban J connectivity index is 1.84. The highest BCUT2D eigenvalue weighted by Gasteiger charge is 2.29. The predicted molar refractivity (Wildman–Crippen MR) is 103 cm³/mol. The number of fused-ring (bicyclic) bond motifs is 1. The van der Waals surface area contributed by atoms with Crippen molar-refractivity contribution in [1.29, 1.82) is 0 Å². The molecule has 2 aromatic rings. The molecule has 25 heavy (non-hydrogen) atoms. The largest absolute Gasteiger partial charge is 0.325 e.